The first-order valence-corrected chi connectivity index (χ1v) is 26.9. The number of para-hydroxylation sites is 3. The topological polar surface area (TPSA) is 90.2 Å². The Labute approximate surface area is 471 Å². The largest absolute Gasteiger partial charge is 0.321 e. The van der Waals surface area contributed by atoms with E-state index in [4.69, 9.17) is 0 Å². The van der Waals surface area contributed by atoms with E-state index >= 15 is 0 Å². The number of carbonyl (C=O) groups excluding carboxylic acids is 2. The molecule has 0 atom stereocenters. The average Bonchev–Trinajstić information content (AvgIpc) is 3.54. The highest BCUT2D eigenvalue weighted by atomic mass is 127. The molecule has 7 nitrogen and oxygen atoms in total. The van der Waals surface area contributed by atoms with Gasteiger partial charge in [0.1, 0.15) is 0 Å². The molecule has 1 aliphatic rings. The molecule has 11 aromatic carbocycles. The molecule has 0 unspecified atom stereocenters. The van der Waals surface area contributed by atoms with Gasteiger partial charge in [0.2, 0.25) is 5.78 Å². The molecule has 0 saturated carbocycles. The Morgan fingerprint density at radius 2 is 0.582 bits per heavy atom. The summed E-state index contributed by atoms with van der Waals surface area (Å²) >= 11 is 2.38. The minimum Gasteiger partial charge on any atom is -0.319 e. The number of Topliss-reactive ketones (excluding diaryl/α,β-unsaturated/α-hetero) is 1. The van der Waals surface area contributed by atoms with Gasteiger partial charge < -0.3 is 5.32 Å². The Morgan fingerprint density at radius 1 is 0.304 bits per heavy atom. The second-order valence-electron chi connectivity index (χ2n) is 18.9. The van der Waals surface area contributed by atoms with Gasteiger partial charge in [0.15, 0.2) is 0 Å². The van der Waals surface area contributed by atoms with Crippen molar-refractivity contribution in [2.75, 3.05) is 5.32 Å². The summed E-state index contributed by atoms with van der Waals surface area (Å²) in [6.07, 6.45) is 0.224. The summed E-state index contributed by atoms with van der Waals surface area (Å²) in [6, 6.07) is 95.2. The molecule has 0 saturated heterocycles. The average molecular weight is 1140 g/mol. The van der Waals surface area contributed by atoms with Gasteiger partial charge in [-0.15, -0.1) is 0 Å². The van der Waals surface area contributed by atoms with Crippen molar-refractivity contribution in [3.8, 4) is 78.1 Å². The zero-order valence-corrected chi connectivity index (χ0v) is 44.9. The summed E-state index contributed by atoms with van der Waals surface area (Å²) in [5.74, 6) is -0.873. The molecule has 0 radical (unpaired) electrons. The van der Waals surface area contributed by atoms with Crippen molar-refractivity contribution in [2.45, 2.75) is 6.42 Å². The maximum Gasteiger partial charge on any atom is 0.321 e. The predicted octanol–water partition coefficient (Wildman–Crippen LogP) is 16.2. The van der Waals surface area contributed by atoms with Crippen molar-refractivity contribution in [3.63, 3.8) is 0 Å². The quantitative estimate of drug-likeness (QED) is 0.121. The third kappa shape index (κ3) is 11.7. The fraction of sp³-hybridized carbons (Fsp3) is 0.0141. The standard InChI is InChI=1S/C44H30N2O2.C18H13I.C9H7NO2/c47-43-44(48)46(40-29-37(33-19-9-3-10-20-33)26-38(30-40)34-21-11-4-12-22-34)42-24-14-13-23-41(42)45(43)39-27-35(31-15-5-1-6-16-31)25-36(28-39)32-17-7-2-8-18-32;19-18-12-16(14-7-3-1-4-8-14)11-17(13-18)15-9-5-2-6-10-15;11-8-5-6-3-1-2-4-7(6)10-9(8)12/h1-30H;1-13H;1-4H,5H2,(H,10,12). The van der Waals surface area contributed by atoms with Crippen LogP contribution in [-0.2, 0) is 16.0 Å². The predicted molar refractivity (Wildman–Crippen MR) is 331 cm³/mol. The van der Waals surface area contributed by atoms with Crippen LogP contribution in [0.2, 0.25) is 0 Å². The number of aromatic nitrogens is 2. The summed E-state index contributed by atoms with van der Waals surface area (Å²) in [4.78, 5) is 50.7. The summed E-state index contributed by atoms with van der Waals surface area (Å²) in [5.41, 5.74) is 15.9. The van der Waals surface area contributed by atoms with Crippen molar-refractivity contribution in [1.29, 1.82) is 0 Å². The Kier molecular flexibility index (Phi) is 15.4. The van der Waals surface area contributed by atoms with E-state index in [1.165, 1.54) is 25.8 Å². The molecule has 1 amide bonds. The van der Waals surface area contributed by atoms with E-state index in [1.54, 1.807) is 15.2 Å². The molecule has 0 fully saturated rings. The minimum atomic E-state index is -0.621. The number of nitrogens with zero attached hydrogens (tertiary/aromatic N) is 2. The highest BCUT2D eigenvalue weighted by Crippen LogP contribution is 2.34. The maximum atomic E-state index is 14.4. The van der Waals surface area contributed by atoms with Crippen LogP contribution in [0.1, 0.15) is 5.56 Å². The van der Waals surface area contributed by atoms with Crippen molar-refractivity contribution in [3.05, 3.63) is 315 Å². The molecule has 13 rings (SSSR count). The second-order valence-corrected chi connectivity index (χ2v) is 20.2. The van der Waals surface area contributed by atoms with Crippen molar-refractivity contribution in [1.82, 2.24) is 9.13 Å². The zero-order valence-electron chi connectivity index (χ0n) is 42.7. The van der Waals surface area contributed by atoms with E-state index in [9.17, 15) is 19.2 Å². The number of benzene rings is 11. The van der Waals surface area contributed by atoms with Crippen LogP contribution in [0.15, 0.2) is 295 Å². The number of rotatable bonds is 8. The Balaban J connectivity index is 0.000000172. The van der Waals surface area contributed by atoms with Crippen LogP contribution < -0.4 is 16.4 Å². The van der Waals surface area contributed by atoms with E-state index in [0.29, 0.717) is 22.4 Å². The van der Waals surface area contributed by atoms with Gasteiger partial charge in [-0.05, 0) is 168 Å². The fourth-order valence-electron chi connectivity index (χ4n) is 9.86. The number of hydrogen-bond acceptors (Lipinski definition) is 4. The molecule has 1 aliphatic heterocycles. The lowest BCUT2D eigenvalue weighted by Crippen LogP contribution is -2.40. The van der Waals surface area contributed by atoms with Crippen LogP contribution in [0.5, 0.6) is 0 Å². The maximum absolute atomic E-state index is 14.4. The molecule has 0 aliphatic carbocycles. The number of amides is 1. The Hall–Kier alpha value is -9.77. The highest BCUT2D eigenvalue weighted by molar-refractivity contribution is 14.1. The van der Waals surface area contributed by atoms with Gasteiger partial charge in [-0.3, -0.25) is 28.3 Å². The zero-order chi connectivity index (χ0) is 54.1. The molecule has 0 spiro atoms. The molecule has 79 heavy (non-hydrogen) atoms. The second kappa shape index (κ2) is 23.6. The number of anilines is 1. The van der Waals surface area contributed by atoms with E-state index in [0.717, 1.165) is 55.8 Å². The lowest BCUT2D eigenvalue weighted by molar-refractivity contribution is -0.134. The van der Waals surface area contributed by atoms with E-state index < -0.39 is 17.0 Å². The highest BCUT2D eigenvalue weighted by Gasteiger charge is 2.22. The van der Waals surface area contributed by atoms with Crippen LogP contribution >= 0.6 is 22.6 Å². The number of ketones is 1. The number of hydrogen-bond donors (Lipinski definition) is 1. The van der Waals surface area contributed by atoms with E-state index in [-0.39, 0.29) is 12.2 Å². The lowest BCUT2D eigenvalue weighted by Gasteiger charge is -2.18. The van der Waals surface area contributed by atoms with Gasteiger partial charge in [0.05, 0.1) is 22.4 Å². The molecule has 8 heteroatoms. The van der Waals surface area contributed by atoms with Crippen molar-refractivity contribution in [2.24, 2.45) is 0 Å². The normalized spacial score (nSPS) is 11.6. The van der Waals surface area contributed by atoms with E-state index in [2.05, 4.69) is 167 Å². The Morgan fingerprint density at radius 3 is 0.911 bits per heavy atom. The third-order valence-corrected chi connectivity index (χ3v) is 14.3. The number of nitrogens with one attached hydrogen (secondary N) is 1. The van der Waals surface area contributed by atoms with Crippen LogP contribution in [-0.4, -0.2) is 20.8 Å². The molecule has 12 aromatic rings. The SMILES string of the molecule is Ic1cc(-c2ccccc2)cc(-c2ccccc2)c1.O=C1Cc2ccccc2NC1=O.O=c1c(=O)n(-c2cc(-c3ccccc3)cc(-c3ccccc3)c2)c2ccccc2n1-c1cc(-c2ccccc2)cc(-c2ccccc2)c1. The molecule has 2 heterocycles. The fourth-order valence-corrected chi connectivity index (χ4v) is 10.5. The summed E-state index contributed by atoms with van der Waals surface area (Å²) in [6.45, 7) is 0. The van der Waals surface area contributed by atoms with Gasteiger partial charge in [-0.1, -0.05) is 212 Å². The van der Waals surface area contributed by atoms with Crippen molar-refractivity contribution >= 4 is 51.0 Å². The molecular formula is C71H50IN3O4. The monoisotopic (exact) mass is 1140 g/mol. The van der Waals surface area contributed by atoms with Gasteiger partial charge in [-0.2, -0.15) is 0 Å². The van der Waals surface area contributed by atoms with Crippen LogP contribution in [0.3, 0.4) is 0 Å². The molecule has 0 bridgehead atoms. The van der Waals surface area contributed by atoms with Crippen molar-refractivity contribution < 1.29 is 9.59 Å². The van der Waals surface area contributed by atoms with Crippen LogP contribution in [0, 0.1) is 3.57 Å². The van der Waals surface area contributed by atoms with Crippen LogP contribution in [0.4, 0.5) is 5.69 Å². The van der Waals surface area contributed by atoms with Gasteiger partial charge >= 0.3 is 11.1 Å². The summed E-state index contributed by atoms with van der Waals surface area (Å²) in [5, 5.41) is 2.52. The number of carbonyl (C=O) groups is 2. The minimum absolute atomic E-state index is 0.224. The number of fused-ring (bicyclic) bond motifs is 2. The number of halogens is 1. The third-order valence-electron chi connectivity index (χ3n) is 13.7. The van der Waals surface area contributed by atoms with E-state index in [1.807, 2.05) is 140 Å². The molecule has 1 N–H and O–H groups in total. The Bertz CT molecular complexity index is 3870. The molecule has 1 aromatic heterocycles. The summed E-state index contributed by atoms with van der Waals surface area (Å²) < 4.78 is 4.39. The van der Waals surface area contributed by atoms with Gasteiger partial charge in [0, 0.05) is 15.7 Å². The smallest absolute Gasteiger partial charge is 0.319 e. The summed E-state index contributed by atoms with van der Waals surface area (Å²) in [7, 11) is 0. The van der Waals surface area contributed by atoms with Gasteiger partial charge in [0.25, 0.3) is 5.91 Å². The first-order valence-electron chi connectivity index (χ1n) is 25.9. The first-order chi connectivity index (χ1) is 38.7. The molecule has 380 valence electrons. The molecular weight excluding hydrogens is 1090 g/mol. The first kappa shape index (κ1) is 51.3. The lowest BCUT2D eigenvalue weighted by atomic mass is 9.97. The van der Waals surface area contributed by atoms with Crippen LogP contribution in [0.25, 0.3) is 89.2 Å². The van der Waals surface area contributed by atoms with Gasteiger partial charge in [-0.25, -0.2) is 0 Å².